The Kier molecular flexibility index (Phi) is 4.67. The molecule has 1 aromatic rings. The molecule has 3 rings (SSSR count). The molecular weight excluding hydrogens is 290 g/mol. The molecule has 6 heteroatoms. The van der Waals surface area contributed by atoms with E-state index in [9.17, 15) is 10.1 Å². The highest BCUT2D eigenvalue weighted by atomic mass is 16.2. The normalized spacial score (nSPS) is 23.7. The van der Waals surface area contributed by atoms with E-state index in [-0.39, 0.29) is 5.91 Å². The summed E-state index contributed by atoms with van der Waals surface area (Å²) in [6.07, 6.45) is 9.73. The number of aryl methyl sites for hydroxylation is 1. The van der Waals surface area contributed by atoms with E-state index in [0.717, 1.165) is 57.2 Å². The van der Waals surface area contributed by atoms with Gasteiger partial charge in [0, 0.05) is 12.2 Å². The van der Waals surface area contributed by atoms with Gasteiger partial charge in [0.2, 0.25) is 5.91 Å². The van der Waals surface area contributed by atoms with E-state index in [1.807, 2.05) is 24.0 Å². The maximum atomic E-state index is 12.4. The molecule has 2 aliphatic rings. The van der Waals surface area contributed by atoms with Crippen molar-refractivity contribution in [1.29, 1.82) is 5.26 Å². The first kappa shape index (κ1) is 16.0. The standard InChI is InChI=1S/C17H25N5O/c1-14-9-19-22(10-14)11-15-5-4-8-21(15)12-16(23)20-17(13-18)6-2-3-7-17/h9-10,15H,2-8,11-12H2,1H3,(H,20,23)/t15-/m1/s1. The maximum Gasteiger partial charge on any atom is 0.235 e. The Morgan fingerprint density at radius 1 is 1.48 bits per heavy atom. The van der Waals surface area contributed by atoms with Gasteiger partial charge in [-0.2, -0.15) is 10.4 Å². The van der Waals surface area contributed by atoms with Gasteiger partial charge in [-0.3, -0.25) is 14.4 Å². The minimum absolute atomic E-state index is 0.0167. The van der Waals surface area contributed by atoms with Crippen LogP contribution in [-0.2, 0) is 11.3 Å². The number of aromatic nitrogens is 2. The van der Waals surface area contributed by atoms with Gasteiger partial charge in [0.25, 0.3) is 0 Å². The number of nitriles is 1. The lowest BCUT2D eigenvalue weighted by molar-refractivity contribution is -0.123. The molecule has 6 nitrogen and oxygen atoms in total. The summed E-state index contributed by atoms with van der Waals surface area (Å²) in [5.41, 5.74) is 0.537. The van der Waals surface area contributed by atoms with Crippen LogP contribution in [0.25, 0.3) is 0 Å². The quantitative estimate of drug-likeness (QED) is 0.896. The predicted molar refractivity (Wildman–Crippen MR) is 86.5 cm³/mol. The molecular formula is C17H25N5O. The third kappa shape index (κ3) is 3.73. The van der Waals surface area contributed by atoms with Crippen LogP contribution in [0.3, 0.4) is 0 Å². The van der Waals surface area contributed by atoms with Crippen LogP contribution in [0, 0.1) is 18.3 Å². The topological polar surface area (TPSA) is 74.0 Å². The van der Waals surface area contributed by atoms with Crippen molar-refractivity contribution in [2.24, 2.45) is 0 Å². The summed E-state index contributed by atoms with van der Waals surface area (Å²) < 4.78 is 1.96. The van der Waals surface area contributed by atoms with Gasteiger partial charge in [-0.1, -0.05) is 0 Å². The van der Waals surface area contributed by atoms with Gasteiger partial charge < -0.3 is 5.32 Å². The lowest BCUT2D eigenvalue weighted by atomic mass is 10.00. The van der Waals surface area contributed by atoms with E-state index in [4.69, 9.17) is 0 Å². The lowest BCUT2D eigenvalue weighted by Gasteiger charge is -2.27. The fourth-order valence-corrected chi connectivity index (χ4v) is 3.83. The van der Waals surface area contributed by atoms with Gasteiger partial charge in [-0.05, 0) is 57.6 Å². The monoisotopic (exact) mass is 315 g/mol. The number of carbonyl (C=O) groups excluding carboxylic acids is 1. The zero-order valence-electron chi connectivity index (χ0n) is 13.8. The number of likely N-dealkylation sites (tertiary alicyclic amines) is 1. The lowest BCUT2D eigenvalue weighted by Crippen LogP contribution is -2.50. The Hall–Kier alpha value is -1.87. The summed E-state index contributed by atoms with van der Waals surface area (Å²) in [4.78, 5) is 14.6. The van der Waals surface area contributed by atoms with Crippen LogP contribution >= 0.6 is 0 Å². The highest BCUT2D eigenvalue weighted by molar-refractivity contribution is 5.79. The van der Waals surface area contributed by atoms with Crippen molar-refractivity contribution in [2.45, 2.75) is 63.6 Å². The first-order valence-electron chi connectivity index (χ1n) is 8.56. The third-order valence-electron chi connectivity index (χ3n) is 5.06. The molecule has 1 aliphatic carbocycles. The first-order valence-corrected chi connectivity index (χ1v) is 8.56. The summed E-state index contributed by atoms with van der Waals surface area (Å²) in [5, 5.41) is 16.7. The zero-order valence-corrected chi connectivity index (χ0v) is 13.8. The van der Waals surface area contributed by atoms with E-state index in [1.165, 1.54) is 0 Å². The molecule has 2 fully saturated rings. The Labute approximate surface area is 137 Å². The number of rotatable bonds is 5. The Morgan fingerprint density at radius 3 is 2.91 bits per heavy atom. The second-order valence-electron chi connectivity index (χ2n) is 6.96. The number of amides is 1. The second-order valence-corrected chi connectivity index (χ2v) is 6.96. The SMILES string of the molecule is Cc1cnn(C[C@H]2CCCN2CC(=O)NC2(C#N)CCCC2)c1. The number of hydrogen-bond donors (Lipinski definition) is 1. The molecule has 2 heterocycles. The Bertz CT molecular complexity index is 596. The minimum Gasteiger partial charge on any atom is -0.337 e. The largest absolute Gasteiger partial charge is 0.337 e. The van der Waals surface area contributed by atoms with Crippen molar-refractivity contribution in [3.05, 3.63) is 18.0 Å². The first-order chi connectivity index (χ1) is 11.1. The molecule has 0 aromatic carbocycles. The molecule has 1 saturated carbocycles. The summed E-state index contributed by atoms with van der Waals surface area (Å²) in [5.74, 6) is -0.0167. The van der Waals surface area contributed by atoms with Gasteiger partial charge in [0.1, 0.15) is 5.54 Å². The molecule has 0 spiro atoms. The van der Waals surface area contributed by atoms with Crippen LogP contribution in [-0.4, -0.2) is 45.3 Å². The second kappa shape index (κ2) is 6.71. The average Bonchev–Trinajstić information content (AvgIpc) is 3.24. The molecule has 1 amide bonds. The van der Waals surface area contributed by atoms with Gasteiger partial charge >= 0.3 is 0 Å². The van der Waals surface area contributed by atoms with Crippen LogP contribution in [0.1, 0.15) is 44.1 Å². The molecule has 1 saturated heterocycles. The van der Waals surface area contributed by atoms with Crippen LogP contribution in [0.5, 0.6) is 0 Å². The molecule has 23 heavy (non-hydrogen) atoms. The molecule has 0 radical (unpaired) electrons. The number of carbonyl (C=O) groups is 1. The highest BCUT2D eigenvalue weighted by Gasteiger charge is 2.36. The molecule has 0 unspecified atom stereocenters. The minimum atomic E-state index is -0.620. The van der Waals surface area contributed by atoms with E-state index < -0.39 is 5.54 Å². The van der Waals surface area contributed by atoms with Crippen LogP contribution in [0.15, 0.2) is 12.4 Å². The third-order valence-corrected chi connectivity index (χ3v) is 5.06. The molecule has 1 aliphatic heterocycles. The van der Waals surface area contributed by atoms with E-state index >= 15 is 0 Å². The van der Waals surface area contributed by atoms with Gasteiger partial charge in [0.15, 0.2) is 0 Å². The molecule has 1 atom stereocenters. The number of nitrogens with zero attached hydrogens (tertiary/aromatic N) is 4. The predicted octanol–water partition coefficient (Wildman–Crippen LogP) is 1.61. The number of nitrogens with one attached hydrogen (secondary N) is 1. The van der Waals surface area contributed by atoms with Crippen molar-refractivity contribution in [3.8, 4) is 6.07 Å². The van der Waals surface area contributed by atoms with E-state index in [0.29, 0.717) is 12.6 Å². The van der Waals surface area contributed by atoms with Gasteiger partial charge in [-0.25, -0.2) is 0 Å². The summed E-state index contributed by atoms with van der Waals surface area (Å²) in [6, 6.07) is 2.67. The Balaban J connectivity index is 1.55. The van der Waals surface area contributed by atoms with Gasteiger partial charge in [-0.15, -0.1) is 0 Å². The maximum absolute atomic E-state index is 12.4. The highest BCUT2D eigenvalue weighted by Crippen LogP contribution is 2.29. The van der Waals surface area contributed by atoms with Crippen LogP contribution in [0.4, 0.5) is 0 Å². The average molecular weight is 315 g/mol. The van der Waals surface area contributed by atoms with Crippen molar-refractivity contribution in [1.82, 2.24) is 20.0 Å². The van der Waals surface area contributed by atoms with Crippen molar-refractivity contribution >= 4 is 5.91 Å². The van der Waals surface area contributed by atoms with Crippen molar-refractivity contribution in [3.63, 3.8) is 0 Å². The summed E-state index contributed by atoms with van der Waals surface area (Å²) in [6.45, 7) is 4.18. The fourth-order valence-electron chi connectivity index (χ4n) is 3.83. The number of hydrogen-bond acceptors (Lipinski definition) is 4. The van der Waals surface area contributed by atoms with Crippen molar-refractivity contribution < 1.29 is 4.79 Å². The molecule has 1 aromatic heterocycles. The van der Waals surface area contributed by atoms with Crippen LogP contribution in [0.2, 0.25) is 0 Å². The van der Waals surface area contributed by atoms with E-state index in [2.05, 4.69) is 21.4 Å². The molecule has 124 valence electrons. The summed E-state index contributed by atoms with van der Waals surface area (Å²) in [7, 11) is 0. The Morgan fingerprint density at radius 2 is 2.26 bits per heavy atom. The zero-order chi connectivity index (χ0) is 16.3. The molecule has 1 N–H and O–H groups in total. The van der Waals surface area contributed by atoms with Crippen LogP contribution < -0.4 is 5.32 Å². The smallest absolute Gasteiger partial charge is 0.235 e. The summed E-state index contributed by atoms with van der Waals surface area (Å²) >= 11 is 0. The van der Waals surface area contributed by atoms with Gasteiger partial charge in [0.05, 0.1) is 25.4 Å². The van der Waals surface area contributed by atoms with E-state index in [1.54, 1.807) is 0 Å². The fraction of sp³-hybridized carbons (Fsp3) is 0.706. The van der Waals surface area contributed by atoms with Crippen molar-refractivity contribution in [2.75, 3.05) is 13.1 Å². The molecule has 0 bridgehead atoms.